The van der Waals surface area contributed by atoms with Crippen molar-refractivity contribution in [2.45, 2.75) is 18.6 Å². The minimum absolute atomic E-state index is 0.205. The number of anilines is 1. The predicted molar refractivity (Wildman–Crippen MR) is 70.7 cm³/mol. The number of halogens is 2. The lowest BCUT2D eigenvalue weighted by Crippen LogP contribution is -2.36. The third-order valence-corrected chi connectivity index (χ3v) is 3.82. The van der Waals surface area contributed by atoms with E-state index >= 15 is 0 Å². The first-order valence-corrected chi connectivity index (χ1v) is 6.58. The number of rotatable bonds is 4. The molecule has 3 nitrogen and oxygen atoms in total. The molecule has 0 heterocycles. The standard InChI is InChI=1S/C12H16F2N2OS/c1-12(2,18-3)6-16-11(17)9-7(13)4-5-8(15)10(9)14/h4-5H,6,15H2,1-3H3,(H,16,17). The number of carbonyl (C=O) groups is 1. The van der Waals surface area contributed by atoms with Crippen molar-refractivity contribution in [2.24, 2.45) is 0 Å². The fraction of sp³-hybridized carbons (Fsp3) is 0.417. The van der Waals surface area contributed by atoms with Crippen molar-refractivity contribution >= 4 is 23.4 Å². The second-order valence-corrected chi connectivity index (χ2v) is 5.99. The molecule has 0 atom stereocenters. The van der Waals surface area contributed by atoms with Gasteiger partial charge in [-0.05, 0) is 32.2 Å². The van der Waals surface area contributed by atoms with Gasteiger partial charge in [0.15, 0.2) is 5.82 Å². The van der Waals surface area contributed by atoms with Crippen LogP contribution in [-0.4, -0.2) is 23.5 Å². The highest BCUT2D eigenvalue weighted by Gasteiger charge is 2.22. The Morgan fingerprint density at radius 3 is 2.61 bits per heavy atom. The van der Waals surface area contributed by atoms with Crippen molar-refractivity contribution < 1.29 is 13.6 Å². The van der Waals surface area contributed by atoms with Crippen LogP contribution in [0.3, 0.4) is 0 Å². The van der Waals surface area contributed by atoms with Crippen molar-refractivity contribution in [1.29, 1.82) is 0 Å². The molecule has 100 valence electrons. The minimum atomic E-state index is -1.02. The number of benzene rings is 1. The average Bonchev–Trinajstić information content (AvgIpc) is 2.32. The first-order valence-electron chi connectivity index (χ1n) is 5.35. The van der Waals surface area contributed by atoms with Crippen LogP contribution in [-0.2, 0) is 0 Å². The second kappa shape index (κ2) is 5.56. The van der Waals surface area contributed by atoms with Gasteiger partial charge in [0.2, 0.25) is 0 Å². The fourth-order valence-corrected chi connectivity index (χ4v) is 1.45. The molecule has 0 bridgehead atoms. The van der Waals surface area contributed by atoms with Crippen LogP contribution in [0, 0.1) is 11.6 Å². The highest BCUT2D eigenvalue weighted by molar-refractivity contribution is 7.99. The van der Waals surface area contributed by atoms with E-state index in [0.717, 1.165) is 12.1 Å². The monoisotopic (exact) mass is 274 g/mol. The van der Waals surface area contributed by atoms with Gasteiger partial charge >= 0.3 is 0 Å². The normalized spacial score (nSPS) is 11.4. The van der Waals surface area contributed by atoms with Gasteiger partial charge in [0.25, 0.3) is 5.91 Å². The van der Waals surface area contributed by atoms with E-state index in [2.05, 4.69) is 5.32 Å². The van der Waals surface area contributed by atoms with Crippen LogP contribution in [0.4, 0.5) is 14.5 Å². The number of hydrogen-bond acceptors (Lipinski definition) is 3. The Bertz CT molecular complexity index is 464. The molecule has 6 heteroatoms. The van der Waals surface area contributed by atoms with Gasteiger partial charge in [-0.2, -0.15) is 11.8 Å². The van der Waals surface area contributed by atoms with Gasteiger partial charge in [0.1, 0.15) is 11.4 Å². The van der Waals surface area contributed by atoms with Gasteiger partial charge in [0, 0.05) is 11.3 Å². The third kappa shape index (κ3) is 3.35. The van der Waals surface area contributed by atoms with E-state index in [4.69, 9.17) is 5.73 Å². The molecule has 0 fully saturated rings. The van der Waals surface area contributed by atoms with E-state index in [0.29, 0.717) is 6.54 Å². The topological polar surface area (TPSA) is 55.1 Å². The summed E-state index contributed by atoms with van der Waals surface area (Å²) in [4.78, 5) is 11.7. The van der Waals surface area contributed by atoms with Gasteiger partial charge < -0.3 is 11.1 Å². The summed E-state index contributed by atoms with van der Waals surface area (Å²) >= 11 is 1.55. The Morgan fingerprint density at radius 2 is 2.06 bits per heavy atom. The zero-order valence-electron chi connectivity index (χ0n) is 10.5. The van der Waals surface area contributed by atoms with Gasteiger partial charge in [-0.25, -0.2) is 8.78 Å². The summed E-state index contributed by atoms with van der Waals surface area (Å²) in [6.07, 6.45) is 1.90. The molecule has 0 aromatic heterocycles. The lowest BCUT2D eigenvalue weighted by Gasteiger charge is -2.22. The molecule has 0 saturated carbocycles. The Labute approximate surface area is 109 Å². The summed E-state index contributed by atoms with van der Waals surface area (Å²) in [5, 5.41) is 2.50. The van der Waals surface area contributed by atoms with Gasteiger partial charge in [-0.1, -0.05) is 0 Å². The highest BCUT2D eigenvalue weighted by Crippen LogP contribution is 2.21. The summed E-state index contributed by atoms with van der Waals surface area (Å²) in [5.74, 6) is -2.73. The van der Waals surface area contributed by atoms with Crippen molar-refractivity contribution in [2.75, 3.05) is 18.5 Å². The molecule has 0 aliphatic heterocycles. The number of nitrogen functional groups attached to an aromatic ring is 1. The van der Waals surface area contributed by atoms with Crippen molar-refractivity contribution in [3.63, 3.8) is 0 Å². The SMILES string of the molecule is CSC(C)(C)CNC(=O)c1c(F)ccc(N)c1F. The van der Waals surface area contributed by atoms with Gasteiger partial charge in [0.05, 0.1) is 5.69 Å². The number of thioether (sulfide) groups is 1. The molecule has 1 rings (SSSR count). The number of amides is 1. The third-order valence-electron chi connectivity index (χ3n) is 2.58. The number of nitrogens with one attached hydrogen (secondary N) is 1. The first kappa shape index (κ1) is 14.8. The van der Waals surface area contributed by atoms with E-state index < -0.39 is 23.1 Å². The summed E-state index contributed by atoms with van der Waals surface area (Å²) in [6.45, 7) is 4.15. The number of hydrogen-bond donors (Lipinski definition) is 2. The van der Waals surface area contributed by atoms with Gasteiger partial charge in [-0.15, -0.1) is 0 Å². The fourth-order valence-electron chi connectivity index (χ4n) is 1.23. The van der Waals surface area contributed by atoms with E-state index in [1.807, 2.05) is 20.1 Å². The molecule has 1 amide bonds. The van der Waals surface area contributed by atoms with Crippen LogP contribution in [0.2, 0.25) is 0 Å². The van der Waals surface area contributed by atoms with Crippen molar-refractivity contribution in [1.82, 2.24) is 5.32 Å². The van der Waals surface area contributed by atoms with Gasteiger partial charge in [-0.3, -0.25) is 4.79 Å². The van der Waals surface area contributed by atoms with Crippen LogP contribution in [0.15, 0.2) is 12.1 Å². The van der Waals surface area contributed by atoms with E-state index in [1.54, 1.807) is 11.8 Å². The van der Waals surface area contributed by atoms with E-state index in [9.17, 15) is 13.6 Å². The maximum atomic E-state index is 13.6. The molecule has 1 aromatic carbocycles. The number of carbonyl (C=O) groups excluding carboxylic acids is 1. The highest BCUT2D eigenvalue weighted by atomic mass is 32.2. The molecule has 0 spiro atoms. The van der Waals surface area contributed by atoms with E-state index in [1.165, 1.54) is 0 Å². The average molecular weight is 274 g/mol. The zero-order chi connectivity index (χ0) is 13.9. The maximum absolute atomic E-state index is 13.6. The van der Waals surface area contributed by atoms with Crippen LogP contribution in [0.25, 0.3) is 0 Å². The number of nitrogens with two attached hydrogens (primary N) is 1. The van der Waals surface area contributed by atoms with Crippen LogP contribution in [0.1, 0.15) is 24.2 Å². The molecular weight excluding hydrogens is 258 g/mol. The quantitative estimate of drug-likeness (QED) is 0.829. The Morgan fingerprint density at radius 1 is 1.44 bits per heavy atom. The predicted octanol–water partition coefficient (Wildman–Crippen LogP) is 2.42. The van der Waals surface area contributed by atoms with Crippen LogP contribution >= 0.6 is 11.8 Å². The van der Waals surface area contributed by atoms with Crippen LogP contribution in [0.5, 0.6) is 0 Å². The summed E-state index contributed by atoms with van der Waals surface area (Å²) in [6, 6.07) is 2.07. The van der Waals surface area contributed by atoms with Crippen LogP contribution < -0.4 is 11.1 Å². The largest absolute Gasteiger partial charge is 0.396 e. The second-order valence-electron chi connectivity index (χ2n) is 4.47. The van der Waals surface area contributed by atoms with Crippen molar-refractivity contribution in [3.8, 4) is 0 Å². The summed E-state index contributed by atoms with van der Waals surface area (Å²) in [7, 11) is 0. The smallest absolute Gasteiger partial charge is 0.257 e. The van der Waals surface area contributed by atoms with Crippen molar-refractivity contribution in [3.05, 3.63) is 29.3 Å². The maximum Gasteiger partial charge on any atom is 0.257 e. The molecule has 18 heavy (non-hydrogen) atoms. The molecule has 0 aliphatic rings. The van der Waals surface area contributed by atoms with E-state index in [-0.39, 0.29) is 10.4 Å². The Balaban J connectivity index is 2.89. The molecular formula is C12H16F2N2OS. The molecule has 0 unspecified atom stereocenters. The first-order chi connectivity index (χ1) is 8.28. The summed E-state index contributed by atoms with van der Waals surface area (Å²) in [5.41, 5.74) is 4.43. The molecule has 0 saturated heterocycles. The molecule has 1 aromatic rings. The summed E-state index contributed by atoms with van der Waals surface area (Å²) < 4.78 is 26.8. The molecule has 0 radical (unpaired) electrons. The Kier molecular flexibility index (Phi) is 4.56. The molecule has 3 N–H and O–H groups in total. The minimum Gasteiger partial charge on any atom is -0.396 e. The molecule has 0 aliphatic carbocycles. The lowest BCUT2D eigenvalue weighted by molar-refractivity contribution is 0.0942. The zero-order valence-corrected chi connectivity index (χ0v) is 11.3. The lowest BCUT2D eigenvalue weighted by atomic mass is 10.1. The Hall–Kier alpha value is -1.30.